The Balaban J connectivity index is 1.51. The summed E-state index contributed by atoms with van der Waals surface area (Å²) in [6, 6.07) is 9.47. The number of piperazine rings is 1. The van der Waals surface area contributed by atoms with Crippen molar-refractivity contribution in [2.45, 2.75) is 11.3 Å². The van der Waals surface area contributed by atoms with Crippen LogP contribution in [0.2, 0.25) is 0 Å². The highest BCUT2D eigenvalue weighted by atomic mass is 32.2. The third-order valence-corrected chi connectivity index (χ3v) is 6.91. The van der Waals surface area contributed by atoms with Gasteiger partial charge in [0.25, 0.3) is 0 Å². The average Bonchev–Trinajstić information content (AvgIpc) is 2.77. The molecule has 3 rings (SSSR count). The van der Waals surface area contributed by atoms with Crippen LogP contribution in [0.4, 0.5) is 10.1 Å². The van der Waals surface area contributed by atoms with Crippen LogP contribution in [0.3, 0.4) is 0 Å². The number of rotatable bonds is 9. The zero-order chi connectivity index (χ0) is 22.4. The summed E-state index contributed by atoms with van der Waals surface area (Å²) in [5.74, 6) is 0.298. The molecule has 2 aromatic rings. The molecule has 9 nitrogen and oxygen atoms in total. The first kappa shape index (κ1) is 22.9. The molecule has 1 aliphatic heterocycles. The highest BCUT2D eigenvalue weighted by molar-refractivity contribution is 7.89. The molecule has 2 aromatic carbocycles. The molecule has 11 heteroatoms. The summed E-state index contributed by atoms with van der Waals surface area (Å²) in [5, 5.41) is 11.2. The van der Waals surface area contributed by atoms with E-state index < -0.39 is 14.9 Å². The lowest BCUT2D eigenvalue weighted by molar-refractivity contribution is -0.386. The largest absolute Gasteiger partial charge is 0.494 e. The molecule has 1 heterocycles. The molecule has 0 unspecified atom stereocenters. The number of hydrogen-bond donors (Lipinski definition) is 0. The summed E-state index contributed by atoms with van der Waals surface area (Å²) < 4.78 is 50.5. The van der Waals surface area contributed by atoms with Crippen molar-refractivity contribution < 1.29 is 27.2 Å². The van der Waals surface area contributed by atoms with Crippen molar-refractivity contribution in [2.24, 2.45) is 0 Å². The fourth-order valence-corrected chi connectivity index (χ4v) is 4.77. The second-order valence-corrected chi connectivity index (χ2v) is 8.93. The van der Waals surface area contributed by atoms with Crippen LogP contribution in [-0.4, -0.2) is 69.0 Å². The summed E-state index contributed by atoms with van der Waals surface area (Å²) in [6.45, 7) is 2.90. The van der Waals surface area contributed by atoms with Crippen molar-refractivity contribution in [3.05, 3.63) is 58.4 Å². The van der Waals surface area contributed by atoms with Crippen molar-refractivity contribution >= 4 is 15.7 Å². The minimum Gasteiger partial charge on any atom is -0.494 e. The molecule has 0 saturated carbocycles. The van der Waals surface area contributed by atoms with E-state index >= 15 is 0 Å². The van der Waals surface area contributed by atoms with Crippen molar-refractivity contribution in [1.29, 1.82) is 0 Å². The highest BCUT2D eigenvalue weighted by Crippen LogP contribution is 2.30. The molecular formula is C20H24FN3O6S. The molecule has 0 aliphatic carbocycles. The Kier molecular flexibility index (Phi) is 7.42. The molecule has 0 spiro atoms. The third kappa shape index (κ3) is 5.69. The zero-order valence-electron chi connectivity index (χ0n) is 17.1. The molecular weight excluding hydrogens is 429 g/mol. The van der Waals surface area contributed by atoms with Gasteiger partial charge in [0.1, 0.15) is 11.6 Å². The normalized spacial score (nSPS) is 15.5. The van der Waals surface area contributed by atoms with Gasteiger partial charge in [-0.3, -0.25) is 10.1 Å². The number of nitro groups is 1. The van der Waals surface area contributed by atoms with E-state index in [2.05, 4.69) is 4.90 Å². The summed E-state index contributed by atoms with van der Waals surface area (Å²) in [4.78, 5) is 12.5. The molecule has 1 saturated heterocycles. The van der Waals surface area contributed by atoms with Crippen LogP contribution >= 0.6 is 0 Å². The van der Waals surface area contributed by atoms with Crippen LogP contribution in [0.15, 0.2) is 47.4 Å². The van der Waals surface area contributed by atoms with E-state index in [4.69, 9.17) is 9.47 Å². The maximum absolute atomic E-state index is 12.9. The van der Waals surface area contributed by atoms with Crippen LogP contribution in [-0.2, 0) is 10.0 Å². The number of benzene rings is 2. The van der Waals surface area contributed by atoms with E-state index in [-0.39, 0.29) is 22.1 Å². The quantitative estimate of drug-likeness (QED) is 0.327. The van der Waals surface area contributed by atoms with Crippen LogP contribution in [0.1, 0.15) is 6.42 Å². The Labute approximate surface area is 180 Å². The molecule has 0 N–H and O–H groups in total. The van der Waals surface area contributed by atoms with E-state index in [9.17, 15) is 22.9 Å². The molecule has 1 fully saturated rings. The molecule has 0 radical (unpaired) electrons. The van der Waals surface area contributed by atoms with Gasteiger partial charge in [-0.1, -0.05) is 0 Å². The minimum atomic E-state index is -3.84. The Bertz CT molecular complexity index is 1010. The van der Waals surface area contributed by atoms with Gasteiger partial charge in [-0.15, -0.1) is 0 Å². The van der Waals surface area contributed by atoms with Crippen LogP contribution in [0.25, 0.3) is 0 Å². The second kappa shape index (κ2) is 10.0. The first-order valence-electron chi connectivity index (χ1n) is 9.74. The van der Waals surface area contributed by atoms with Crippen LogP contribution in [0, 0.1) is 15.9 Å². The fourth-order valence-electron chi connectivity index (χ4n) is 3.32. The zero-order valence-corrected chi connectivity index (χ0v) is 17.9. The molecule has 168 valence electrons. The van der Waals surface area contributed by atoms with Crippen molar-refractivity contribution in [2.75, 3.05) is 46.4 Å². The lowest BCUT2D eigenvalue weighted by atomic mass is 10.3. The Morgan fingerprint density at radius 2 is 1.77 bits per heavy atom. The summed E-state index contributed by atoms with van der Waals surface area (Å²) in [6.07, 6.45) is 0.745. The summed E-state index contributed by atoms with van der Waals surface area (Å²) >= 11 is 0. The standard InChI is InChI=1S/C20H24FN3O6S/c1-29-20-8-7-18(15-19(20)24(25)26)31(27,28)23-12-10-22(11-13-23)9-2-14-30-17-5-3-16(21)4-6-17/h3-8,15H,2,9-14H2,1H3. The average molecular weight is 453 g/mol. The predicted octanol–water partition coefficient (Wildman–Crippen LogP) is 2.52. The van der Waals surface area contributed by atoms with Gasteiger partial charge in [0.15, 0.2) is 5.75 Å². The van der Waals surface area contributed by atoms with E-state index in [0.717, 1.165) is 19.0 Å². The molecule has 0 aromatic heterocycles. The first-order chi connectivity index (χ1) is 14.8. The number of sulfonamides is 1. The van der Waals surface area contributed by atoms with Crippen molar-refractivity contribution in [3.63, 3.8) is 0 Å². The van der Waals surface area contributed by atoms with Gasteiger partial charge in [0.2, 0.25) is 10.0 Å². The Morgan fingerprint density at radius 1 is 1.10 bits per heavy atom. The van der Waals surface area contributed by atoms with Gasteiger partial charge in [-0.05, 0) is 42.8 Å². The van der Waals surface area contributed by atoms with Gasteiger partial charge >= 0.3 is 5.69 Å². The number of nitro benzene ring substituents is 1. The molecule has 0 amide bonds. The maximum atomic E-state index is 12.9. The lowest BCUT2D eigenvalue weighted by Gasteiger charge is -2.33. The van der Waals surface area contributed by atoms with Gasteiger partial charge in [-0.2, -0.15) is 4.31 Å². The topological polar surface area (TPSA) is 102 Å². The monoisotopic (exact) mass is 453 g/mol. The molecule has 31 heavy (non-hydrogen) atoms. The lowest BCUT2D eigenvalue weighted by Crippen LogP contribution is -2.48. The van der Waals surface area contributed by atoms with E-state index in [1.807, 2.05) is 0 Å². The van der Waals surface area contributed by atoms with Gasteiger partial charge < -0.3 is 14.4 Å². The Hall–Kier alpha value is -2.76. The Morgan fingerprint density at radius 3 is 2.39 bits per heavy atom. The third-order valence-electron chi connectivity index (χ3n) is 5.02. The predicted molar refractivity (Wildman–Crippen MR) is 111 cm³/mol. The smallest absolute Gasteiger partial charge is 0.312 e. The van der Waals surface area contributed by atoms with Crippen LogP contribution < -0.4 is 9.47 Å². The van der Waals surface area contributed by atoms with Crippen LogP contribution in [0.5, 0.6) is 11.5 Å². The molecule has 1 aliphatic rings. The van der Waals surface area contributed by atoms with Gasteiger partial charge in [0, 0.05) is 38.8 Å². The summed E-state index contributed by atoms with van der Waals surface area (Å²) in [7, 11) is -2.55. The number of hydrogen-bond acceptors (Lipinski definition) is 7. The van der Waals surface area contributed by atoms with Crippen molar-refractivity contribution in [3.8, 4) is 11.5 Å². The van der Waals surface area contributed by atoms with E-state index in [1.54, 1.807) is 12.1 Å². The van der Waals surface area contributed by atoms with Crippen molar-refractivity contribution in [1.82, 2.24) is 9.21 Å². The van der Waals surface area contributed by atoms with Gasteiger partial charge in [0.05, 0.1) is 23.5 Å². The number of nitrogens with zero attached hydrogens (tertiary/aromatic N) is 3. The highest BCUT2D eigenvalue weighted by Gasteiger charge is 2.30. The SMILES string of the molecule is COc1ccc(S(=O)(=O)N2CCN(CCCOc3ccc(F)cc3)CC2)cc1[N+](=O)[O-]. The maximum Gasteiger partial charge on any atom is 0.312 e. The molecule has 0 bridgehead atoms. The number of methoxy groups -OCH3 is 1. The minimum absolute atomic E-state index is 0.0108. The van der Waals surface area contributed by atoms with E-state index in [1.165, 1.54) is 35.7 Å². The number of ether oxygens (including phenoxy) is 2. The molecule has 0 atom stereocenters. The summed E-state index contributed by atoms with van der Waals surface area (Å²) in [5.41, 5.74) is -0.386. The fraction of sp³-hybridized carbons (Fsp3) is 0.400. The second-order valence-electron chi connectivity index (χ2n) is 6.99. The first-order valence-corrected chi connectivity index (χ1v) is 11.2. The number of halogens is 1. The van der Waals surface area contributed by atoms with Gasteiger partial charge in [-0.25, -0.2) is 12.8 Å². The van der Waals surface area contributed by atoms with E-state index in [0.29, 0.717) is 38.5 Å².